The van der Waals surface area contributed by atoms with Crippen LogP contribution in [0.2, 0.25) is 0 Å². The molecule has 0 saturated heterocycles. The zero-order valence-electron chi connectivity index (χ0n) is 24.5. The minimum atomic E-state index is -1.51. The first-order valence-electron chi connectivity index (χ1n) is 13.4. The second-order valence-electron chi connectivity index (χ2n) is 12.4. The van der Waals surface area contributed by atoms with Crippen molar-refractivity contribution in [2.45, 2.75) is 84.0 Å². The smallest absolute Gasteiger partial charge is 0.336 e. The van der Waals surface area contributed by atoms with E-state index in [0.717, 1.165) is 12.0 Å². The van der Waals surface area contributed by atoms with Gasteiger partial charge in [0.25, 0.3) is 0 Å². The summed E-state index contributed by atoms with van der Waals surface area (Å²) in [6.45, 7) is 12.9. The highest BCUT2D eigenvalue weighted by Crippen LogP contribution is 2.48. The van der Waals surface area contributed by atoms with Crippen molar-refractivity contribution >= 4 is 11.9 Å². The molecular weight excluding hydrogens is 494 g/mol. The van der Waals surface area contributed by atoms with Crippen LogP contribution in [0.3, 0.4) is 0 Å². The van der Waals surface area contributed by atoms with Crippen LogP contribution in [0.5, 0.6) is 5.75 Å². The predicted octanol–water partition coefficient (Wildman–Crippen LogP) is 5.32. The number of methoxy groups -OCH3 is 1. The van der Waals surface area contributed by atoms with E-state index in [0.29, 0.717) is 29.1 Å². The molecule has 0 radical (unpaired) electrons. The van der Waals surface area contributed by atoms with Crippen molar-refractivity contribution in [2.24, 2.45) is 5.92 Å². The highest BCUT2D eigenvalue weighted by Gasteiger charge is 2.53. The number of carbonyl (C=O) groups excluding carboxylic acids is 2. The molecule has 7 heteroatoms. The molecule has 2 aromatic rings. The predicted molar refractivity (Wildman–Crippen MR) is 151 cm³/mol. The molecule has 39 heavy (non-hydrogen) atoms. The van der Waals surface area contributed by atoms with Gasteiger partial charge in [0.1, 0.15) is 17.0 Å². The van der Waals surface area contributed by atoms with Gasteiger partial charge in [0.15, 0.2) is 0 Å². The van der Waals surface area contributed by atoms with Gasteiger partial charge < -0.3 is 24.6 Å². The number of ether oxygens (including phenoxy) is 3. The van der Waals surface area contributed by atoms with E-state index in [9.17, 15) is 14.7 Å². The van der Waals surface area contributed by atoms with Crippen molar-refractivity contribution in [3.8, 4) is 5.75 Å². The Labute approximate surface area is 232 Å². The summed E-state index contributed by atoms with van der Waals surface area (Å²) in [5, 5.41) is 15.2. The highest BCUT2D eigenvalue weighted by molar-refractivity contribution is 5.94. The lowest BCUT2D eigenvalue weighted by Gasteiger charge is -2.44. The van der Waals surface area contributed by atoms with Crippen molar-refractivity contribution in [3.63, 3.8) is 0 Å². The van der Waals surface area contributed by atoms with Crippen LogP contribution >= 0.6 is 0 Å². The molecule has 7 nitrogen and oxygen atoms in total. The third-order valence-electron chi connectivity index (χ3n) is 6.52. The first-order valence-corrected chi connectivity index (χ1v) is 13.4. The standard InChI is InChI=1S/C32H43NO6/c1-30(2,3)38-28(34)26-24(33-19-18-21-12-10-9-11-13-21)20-32(7,36)27(29(35)39-31(4,5)6)25(26)22-14-16-23(37-8)17-15-22/h9-17,25,27,33,36H,18-20H2,1-8H3/t25-,27+,32-/m1/s1. The van der Waals surface area contributed by atoms with Crippen molar-refractivity contribution in [2.75, 3.05) is 13.7 Å². The Bertz CT molecular complexity index is 1170. The van der Waals surface area contributed by atoms with E-state index in [1.165, 1.54) is 0 Å². The Morgan fingerprint density at radius 3 is 2.08 bits per heavy atom. The average molecular weight is 538 g/mol. The van der Waals surface area contributed by atoms with Gasteiger partial charge in [0.2, 0.25) is 0 Å². The van der Waals surface area contributed by atoms with E-state index in [1.807, 2.05) is 42.5 Å². The van der Waals surface area contributed by atoms with Gasteiger partial charge in [-0.25, -0.2) is 4.79 Å². The van der Waals surface area contributed by atoms with E-state index in [4.69, 9.17) is 14.2 Å². The lowest BCUT2D eigenvalue weighted by Crippen LogP contribution is -2.52. The summed E-state index contributed by atoms with van der Waals surface area (Å²) in [5.41, 5.74) is -0.336. The van der Waals surface area contributed by atoms with Crippen LogP contribution in [-0.4, -0.2) is 47.5 Å². The van der Waals surface area contributed by atoms with Gasteiger partial charge in [-0.3, -0.25) is 4.79 Å². The molecule has 0 aliphatic heterocycles. The molecule has 3 rings (SSSR count). The molecule has 0 bridgehead atoms. The van der Waals surface area contributed by atoms with E-state index in [1.54, 1.807) is 67.7 Å². The van der Waals surface area contributed by atoms with Gasteiger partial charge in [-0.2, -0.15) is 0 Å². The zero-order chi connectivity index (χ0) is 29.0. The SMILES string of the molecule is COc1ccc([C@@H]2C(C(=O)OC(C)(C)C)=C(NCCc3ccccc3)C[C@@](C)(O)[C@@H]2C(=O)OC(C)(C)C)cc1. The van der Waals surface area contributed by atoms with Gasteiger partial charge in [-0.1, -0.05) is 42.5 Å². The van der Waals surface area contributed by atoms with Gasteiger partial charge in [0.05, 0.1) is 24.2 Å². The van der Waals surface area contributed by atoms with E-state index in [2.05, 4.69) is 5.32 Å². The fraction of sp³-hybridized carbons (Fsp3) is 0.500. The Hall–Kier alpha value is -3.32. The van der Waals surface area contributed by atoms with Crippen molar-refractivity contribution < 1.29 is 28.9 Å². The Morgan fingerprint density at radius 1 is 0.949 bits per heavy atom. The summed E-state index contributed by atoms with van der Waals surface area (Å²) < 4.78 is 17.0. The van der Waals surface area contributed by atoms with Gasteiger partial charge in [-0.15, -0.1) is 0 Å². The normalized spacial score (nSPS) is 21.8. The molecule has 3 atom stereocenters. The fourth-order valence-electron chi connectivity index (χ4n) is 4.95. The van der Waals surface area contributed by atoms with E-state index in [-0.39, 0.29) is 6.42 Å². The van der Waals surface area contributed by atoms with E-state index >= 15 is 0 Å². The summed E-state index contributed by atoms with van der Waals surface area (Å²) in [7, 11) is 1.57. The Morgan fingerprint density at radius 2 is 1.54 bits per heavy atom. The number of aliphatic hydroxyl groups is 1. The molecule has 1 aliphatic carbocycles. The molecule has 0 unspecified atom stereocenters. The minimum Gasteiger partial charge on any atom is -0.497 e. The molecular formula is C32H43NO6. The van der Waals surface area contributed by atoms with Crippen LogP contribution in [0.1, 0.15) is 71.9 Å². The molecule has 1 aliphatic rings. The molecule has 0 amide bonds. The Balaban J connectivity index is 2.16. The van der Waals surface area contributed by atoms with Crippen LogP contribution in [0.15, 0.2) is 65.9 Å². The summed E-state index contributed by atoms with van der Waals surface area (Å²) in [6, 6.07) is 17.2. The van der Waals surface area contributed by atoms with Gasteiger partial charge in [-0.05, 0) is 78.1 Å². The number of hydrogen-bond donors (Lipinski definition) is 2. The average Bonchev–Trinajstić information content (AvgIpc) is 2.81. The molecule has 2 N–H and O–H groups in total. The maximum absolute atomic E-state index is 13.9. The molecule has 0 heterocycles. The first kappa shape index (κ1) is 30.2. The van der Waals surface area contributed by atoms with Crippen LogP contribution in [0.4, 0.5) is 0 Å². The lowest BCUT2D eigenvalue weighted by atomic mass is 9.65. The third kappa shape index (κ3) is 8.09. The van der Waals surface area contributed by atoms with Crippen molar-refractivity contribution in [3.05, 3.63) is 77.0 Å². The summed E-state index contributed by atoms with van der Waals surface area (Å²) in [5.74, 6) is -2.33. The molecule has 212 valence electrons. The first-order chi connectivity index (χ1) is 18.1. The number of carbonyl (C=O) groups is 2. The fourth-order valence-corrected chi connectivity index (χ4v) is 4.95. The minimum absolute atomic E-state index is 0.0624. The van der Waals surface area contributed by atoms with Crippen LogP contribution in [0.25, 0.3) is 0 Å². The maximum atomic E-state index is 13.9. The topological polar surface area (TPSA) is 94.1 Å². The molecule has 0 fully saturated rings. The number of hydrogen-bond acceptors (Lipinski definition) is 7. The zero-order valence-corrected chi connectivity index (χ0v) is 24.5. The third-order valence-corrected chi connectivity index (χ3v) is 6.52. The summed E-state index contributed by atoms with van der Waals surface area (Å²) >= 11 is 0. The number of esters is 2. The molecule has 0 saturated carbocycles. The number of nitrogens with one attached hydrogen (secondary N) is 1. The van der Waals surface area contributed by atoms with Crippen LogP contribution in [-0.2, 0) is 25.5 Å². The Kier molecular flexibility index (Phi) is 9.16. The van der Waals surface area contributed by atoms with E-state index < -0.39 is 40.6 Å². The number of benzene rings is 2. The second-order valence-corrected chi connectivity index (χ2v) is 12.4. The van der Waals surface area contributed by atoms with Crippen LogP contribution in [0, 0.1) is 5.92 Å². The van der Waals surface area contributed by atoms with Crippen molar-refractivity contribution in [1.82, 2.24) is 5.32 Å². The monoisotopic (exact) mass is 537 g/mol. The summed E-state index contributed by atoms with van der Waals surface area (Å²) in [4.78, 5) is 27.5. The second kappa shape index (κ2) is 11.8. The highest BCUT2D eigenvalue weighted by atomic mass is 16.6. The largest absolute Gasteiger partial charge is 0.497 e. The summed E-state index contributed by atoms with van der Waals surface area (Å²) in [6.07, 6.45) is 0.781. The quantitative estimate of drug-likeness (QED) is 0.440. The maximum Gasteiger partial charge on any atom is 0.336 e. The molecule has 0 aromatic heterocycles. The van der Waals surface area contributed by atoms with Gasteiger partial charge >= 0.3 is 11.9 Å². The number of rotatable bonds is 8. The van der Waals surface area contributed by atoms with Gasteiger partial charge in [0, 0.05) is 24.6 Å². The molecule has 0 spiro atoms. The van der Waals surface area contributed by atoms with Crippen molar-refractivity contribution in [1.29, 1.82) is 0 Å². The molecule has 2 aromatic carbocycles. The van der Waals surface area contributed by atoms with Crippen LogP contribution < -0.4 is 10.1 Å². The lowest BCUT2D eigenvalue weighted by molar-refractivity contribution is -0.171.